The van der Waals surface area contributed by atoms with E-state index in [0.29, 0.717) is 35.5 Å². The first kappa shape index (κ1) is 23.8. The smallest absolute Gasteiger partial charge is 0.339 e. The van der Waals surface area contributed by atoms with Crippen molar-refractivity contribution in [2.24, 2.45) is 0 Å². The molecule has 2 rings (SSSR count). The van der Waals surface area contributed by atoms with Crippen molar-refractivity contribution in [1.82, 2.24) is 5.32 Å². The molecule has 0 aliphatic carbocycles. The fraction of sp³-hybridized carbons (Fsp3) is 0.500. The Balaban J connectivity index is 1.97. The van der Waals surface area contributed by atoms with Crippen LogP contribution in [0, 0.1) is 0 Å². The molecule has 1 unspecified atom stereocenters. The third-order valence-electron chi connectivity index (χ3n) is 4.69. The second-order valence-corrected chi connectivity index (χ2v) is 8.08. The van der Waals surface area contributed by atoms with Crippen LogP contribution in [-0.4, -0.2) is 41.6 Å². The molecule has 1 atom stereocenters. The van der Waals surface area contributed by atoms with Crippen LogP contribution in [0.4, 0.5) is 0 Å². The van der Waals surface area contributed by atoms with Gasteiger partial charge in [0.05, 0.1) is 0 Å². The van der Waals surface area contributed by atoms with Gasteiger partial charge in [0.2, 0.25) is 0 Å². The van der Waals surface area contributed by atoms with E-state index in [0.717, 1.165) is 31.1 Å². The van der Waals surface area contributed by atoms with Gasteiger partial charge in [-0.3, -0.25) is 4.79 Å². The second kappa shape index (κ2) is 12.3. The minimum Gasteiger partial charge on any atom is -0.484 e. The van der Waals surface area contributed by atoms with Gasteiger partial charge in [-0.1, -0.05) is 26.2 Å². The quantitative estimate of drug-likeness (QED) is 0.366. The number of benzene rings is 1. The molecule has 1 heterocycles. The summed E-state index contributed by atoms with van der Waals surface area (Å²) in [5.41, 5.74) is 0.696. The minimum absolute atomic E-state index is 0.325. The average molecular weight is 436 g/mol. The van der Waals surface area contributed by atoms with Crippen molar-refractivity contribution < 1.29 is 23.8 Å². The second-order valence-electron chi connectivity index (χ2n) is 7.10. The van der Waals surface area contributed by atoms with Crippen LogP contribution >= 0.6 is 11.8 Å². The van der Waals surface area contributed by atoms with Crippen LogP contribution in [0.5, 0.6) is 5.75 Å². The number of carboxylic acids is 1. The number of ether oxygens (including phenoxy) is 1. The summed E-state index contributed by atoms with van der Waals surface area (Å²) in [4.78, 5) is 35.5. The van der Waals surface area contributed by atoms with Crippen molar-refractivity contribution in [2.75, 3.05) is 18.6 Å². The molecule has 30 heavy (non-hydrogen) atoms. The van der Waals surface area contributed by atoms with Gasteiger partial charge in [-0.2, -0.15) is 11.8 Å². The Morgan fingerprint density at radius 2 is 2.03 bits per heavy atom. The van der Waals surface area contributed by atoms with Crippen LogP contribution in [-0.2, 0) is 16.0 Å². The van der Waals surface area contributed by atoms with Crippen molar-refractivity contribution in [1.29, 1.82) is 0 Å². The molecule has 2 aromatic rings. The molecule has 0 aliphatic heterocycles. The Morgan fingerprint density at radius 3 is 2.73 bits per heavy atom. The third kappa shape index (κ3) is 7.40. The number of carbonyl (C=O) groups excluding carboxylic acids is 1. The summed E-state index contributed by atoms with van der Waals surface area (Å²) in [6.07, 6.45) is 7.23. The number of rotatable bonds is 13. The molecule has 0 bridgehead atoms. The molecule has 0 aliphatic rings. The lowest BCUT2D eigenvalue weighted by molar-refractivity contribution is -0.142. The standard InChI is InChI=1S/C22H29NO6S/c1-3-4-5-6-7-16-12-15-8-9-17(13-19(15)29-22(16)27)28-14-20(24)23-18(21(25)26)10-11-30-2/h8-9,12-13,18H,3-7,10-11,14H2,1-2H3,(H,23,24)(H,25,26). The molecule has 0 fully saturated rings. The Hall–Kier alpha value is -2.48. The van der Waals surface area contributed by atoms with Gasteiger partial charge < -0.3 is 19.6 Å². The average Bonchev–Trinajstić information content (AvgIpc) is 2.72. The molecule has 164 valence electrons. The first-order chi connectivity index (χ1) is 14.4. The summed E-state index contributed by atoms with van der Waals surface area (Å²) in [6, 6.07) is 5.93. The topological polar surface area (TPSA) is 106 Å². The van der Waals surface area contributed by atoms with E-state index in [2.05, 4.69) is 12.2 Å². The van der Waals surface area contributed by atoms with Gasteiger partial charge in [-0.05, 0) is 49.5 Å². The monoisotopic (exact) mass is 435 g/mol. The SMILES string of the molecule is CCCCCCc1cc2ccc(OCC(=O)NC(CCSC)C(=O)O)cc2oc1=O. The van der Waals surface area contributed by atoms with Crippen LogP contribution in [0.1, 0.15) is 44.6 Å². The number of aliphatic carboxylic acids is 1. The first-order valence-electron chi connectivity index (χ1n) is 10.1. The molecular formula is C22H29NO6S. The Morgan fingerprint density at radius 1 is 1.23 bits per heavy atom. The number of unbranched alkanes of at least 4 members (excludes halogenated alkanes) is 3. The predicted molar refractivity (Wildman–Crippen MR) is 118 cm³/mol. The number of hydrogen-bond acceptors (Lipinski definition) is 6. The summed E-state index contributed by atoms with van der Waals surface area (Å²) in [6.45, 7) is 1.82. The number of amides is 1. The molecule has 1 amide bonds. The number of hydrogen-bond donors (Lipinski definition) is 2. The highest BCUT2D eigenvalue weighted by Gasteiger charge is 2.19. The maximum Gasteiger partial charge on any atom is 0.339 e. The van der Waals surface area contributed by atoms with E-state index in [1.807, 2.05) is 12.3 Å². The van der Waals surface area contributed by atoms with E-state index >= 15 is 0 Å². The van der Waals surface area contributed by atoms with E-state index in [1.165, 1.54) is 11.8 Å². The minimum atomic E-state index is -1.07. The van der Waals surface area contributed by atoms with Gasteiger partial charge in [0.1, 0.15) is 17.4 Å². The van der Waals surface area contributed by atoms with Gasteiger partial charge in [0, 0.05) is 17.0 Å². The fourth-order valence-corrected chi connectivity index (χ4v) is 3.49. The van der Waals surface area contributed by atoms with Crippen LogP contribution in [0.2, 0.25) is 0 Å². The highest BCUT2D eigenvalue weighted by atomic mass is 32.2. The van der Waals surface area contributed by atoms with Crippen LogP contribution in [0.25, 0.3) is 11.0 Å². The molecule has 0 saturated heterocycles. The zero-order valence-corrected chi connectivity index (χ0v) is 18.3. The fourth-order valence-electron chi connectivity index (χ4n) is 3.02. The maximum absolute atomic E-state index is 12.2. The summed E-state index contributed by atoms with van der Waals surface area (Å²) in [5, 5.41) is 12.4. The van der Waals surface area contributed by atoms with Gasteiger partial charge in [0.25, 0.3) is 5.91 Å². The first-order valence-corrected chi connectivity index (χ1v) is 11.5. The van der Waals surface area contributed by atoms with Crippen molar-refractivity contribution in [3.05, 3.63) is 40.2 Å². The molecule has 0 radical (unpaired) electrons. The Labute approximate surface area is 180 Å². The lowest BCUT2D eigenvalue weighted by Gasteiger charge is -2.14. The van der Waals surface area contributed by atoms with Gasteiger partial charge in [-0.25, -0.2) is 9.59 Å². The molecule has 2 N–H and O–H groups in total. The Bertz CT molecular complexity index is 910. The van der Waals surface area contributed by atoms with E-state index < -0.39 is 17.9 Å². The van der Waals surface area contributed by atoms with Crippen molar-refractivity contribution in [2.45, 2.75) is 51.5 Å². The number of aryl methyl sites for hydroxylation is 1. The van der Waals surface area contributed by atoms with Crippen LogP contribution in [0.15, 0.2) is 33.5 Å². The van der Waals surface area contributed by atoms with E-state index in [9.17, 15) is 19.5 Å². The maximum atomic E-state index is 12.2. The van der Waals surface area contributed by atoms with Gasteiger partial charge in [-0.15, -0.1) is 0 Å². The molecule has 0 spiro atoms. The van der Waals surface area contributed by atoms with E-state index in [4.69, 9.17) is 9.15 Å². The highest BCUT2D eigenvalue weighted by molar-refractivity contribution is 7.98. The van der Waals surface area contributed by atoms with Crippen LogP contribution < -0.4 is 15.7 Å². The van der Waals surface area contributed by atoms with E-state index in [-0.39, 0.29) is 12.2 Å². The highest BCUT2D eigenvalue weighted by Crippen LogP contribution is 2.21. The zero-order valence-electron chi connectivity index (χ0n) is 17.4. The number of carboxylic acid groups (broad SMARTS) is 1. The number of fused-ring (bicyclic) bond motifs is 1. The Kier molecular flexibility index (Phi) is 9.73. The summed E-state index contributed by atoms with van der Waals surface area (Å²) in [5.74, 6) is -0.599. The number of nitrogens with one attached hydrogen (secondary N) is 1. The van der Waals surface area contributed by atoms with Crippen molar-refractivity contribution >= 4 is 34.6 Å². The zero-order chi connectivity index (χ0) is 21.9. The molecule has 8 heteroatoms. The number of thioether (sulfide) groups is 1. The third-order valence-corrected chi connectivity index (χ3v) is 5.34. The molecule has 1 aromatic heterocycles. The number of carbonyl (C=O) groups is 2. The largest absolute Gasteiger partial charge is 0.484 e. The summed E-state index contributed by atoms with van der Waals surface area (Å²) < 4.78 is 10.9. The molecular weight excluding hydrogens is 406 g/mol. The lowest BCUT2D eigenvalue weighted by atomic mass is 10.1. The van der Waals surface area contributed by atoms with Crippen molar-refractivity contribution in [3.8, 4) is 5.75 Å². The lowest BCUT2D eigenvalue weighted by Crippen LogP contribution is -2.43. The normalized spacial score (nSPS) is 11.9. The van der Waals surface area contributed by atoms with Gasteiger partial charge >= 0.3 is 11.6 Å². The predicted octanol–water partition coefficient (Wildman–Crippen LogP) is 3.62. The van der Waals surface area contributed by atoms with Crippen molar-refractivity contribution in [3.63, 3.8) is 0 Å². The van der Waals surface area contributed by atoms with E-state index in [1.54, 1.807) is 18.2 Å². The summed E-state index contributed by atoms with van der Waals surface area (Å²) >= 11 is 1.51. The molecule has 7 nitrogen and oxygen atoms in total. The van der Waals surface area contributed by atoms with Gasteiger partial charge in [0.15, 0.2) is 6.61 Å². The van der Waals surface area contributed by atoms with Crippen LogP contribution in [0.3, 0.4) is 0 Å². The molecule has 1 aromatic carbocycles. The summed E-state index contributed by atoms with van der Waals surface area (Å²) in [7, 11) is 0. The molecule has 0 saturated carbocycles.